The van der Waals surface area contributed by atoms with Crippen LogP contribution in [-0.2, 0) is 13.2 Å². The van der Waals surface area contributed by atoms with Gasteiger partial charge in [-0.1, -0.05) is 59.6 Å². The van der Waals surface area contributed by atoms with E-state index in [1.54, 1.807) is 6.07 Å². The van der Waals surface area contributed by atoms with Crippen molar-refractivity contribution in [1.29, 1.82) is 0 Å². The number of nitrogens with one attached hydrogen (secondary N) is 2. The highest BCUT2D eigenvalue weighted by molar-refractivity contribution is 6.33. The molecule has 3 rings (SSSR count). The van der Waals surface area contributed by atoms with Gasteiger partial charge in [0.05, 0.1) is 15.6 Å². The predicted molar refractivity (Wildman–Crippen MR) is 121 cm³/mol. The number of para-hydroxylation sites is 1. The first-order valence-electron chi connectivity index (χ1n) is 9.37. The number of hydrogen-bond acceptors (Lipinski definition) is 5. The fourth-order valence-electron chi connectivity index (χ4n) is 2.83. The average Bonchev–Trinajstić information content (AvgIpc) is 2.74. The molecule has 0 aliphatic heterocycles. The average molecular weight is 446 g/mol. The Balaban J connectivity index is 1.47. The highest BCUT2D eigenvalue weighted by atomic mass is 35.5. The quantitative estimate of drug-likeness (QED) is 0.238. The predicted octanol–water partition coefficient (Wildman–Crippen LogP) is 5.68. The topological polar surface area (TPSA) is 76.4 Å². The third-order valence-electron chi connectivity index (χ3n) is 4.41. The molecule has 0 heterocycles. The first-order chi connectivity index (χ1) is 14.5. The Morgan fingerprint density at radius 3 is 2.37 bits per heavy atom. The fourth-order valence-corrected chi connectivity index (χ4v) is 3.26. The standard InChI is InChI=1S/C22H21Cl2N3O3/c23-19-7-3-1-6-17(19)15-30-22-8-4-2-5-16(22)14-25-11-12-26-21-10-9-18(27(28)29)13-20(21)24/h1-10,13,25-26H,11-12,14-15H2. The highest BCUT2D eigenvalue weighted by Crippen LogP contribution is 2.26. The minimum atomic E-state index is -0.470. The van der Waals surface area contributed by atoms with Gasteiger partial charge in [0, 0.05) is 47.9 Å². The SMILES string of the molecule is O=[N+]([O-])c1ccc(NCCNCc2ccccc2OCc2ccccc2Cl)c(Cl)c1. The zero-order valence-electron chi connectivity index (χ0n) is 16.1. The minimum Gasteiger partial charge on any atom is -0.489 e. The van der Waals surface area contributed by atoms with Crippen molar-refractivity contribution in [1.82, 2.24) is 5.32 Å². The van der Waals surface area contributed by atoms with Crippen LogP contribution in [0.4, 0.5) is 11.4 Å². The Morgan fingerprint density at radius 2 is 1.63 bits per heavy atom. The molecule has 8 heteroatoms. The molecule has 0 amide bonds. The zero-order valence-corrected chi connectivity index (χ0v) is 17.6. The number of non-ortho nitro benzene ring substituents is 1. The van der Waals surface area contributed by atoms with Crippen molar-refractivity contribution >= 4 is 34.6 Å². The lowest BCUT2D eigenvalue weighted by Crippen LogP contribution is -2.22. The van der Waals surface area contributed by atoms with E-state index in [4.69, 9.17) is 27.9 Å². The molecule has 0 fully saturated rings. The molecule has 156 valence electrons. The van der Waals surface area contributed by atoms with Crippen molar-refractivity contribution in [2.24, 2.45) is 0 Å². The number of nitro groups is 1. The molecule has 0 saturated heterocycles. The summed E-state index contributed by atoms with van der Waals surface area (Å²) in [6.07, 6.45) is 0. The second-order valence-electron chi connectivity index (χ2n) is 6.51. The molecule has 0 aliphatic carbocycles. The summed E-state index contributed by atoms with van der Waals surface area (Å²) >= 11 is 12.3. The van der Waals surface area contributed by atoms with E-state index in [0.717, 1.165) is 16.9 Å². The van der Waals surface area contributed by atoms with Gasteiger partial charge in [0.2, 0.25) is 0 Å². The van der Waals surface area contributed by atoms with Crippen molar-refractivity contribution in [3.8, 4) is 5.75 Å². The van der Waals surface area contributed by atoms with Crippen LogP contribution in [0.3, 0.4) is 0 Å². The molecular formula is C22H21Cl2N3O3. The van der Waals surface area contributed by atoms with Crippen LogP contribution in [0.25, 0.3) is 0 Å². The lowest BCUT2D eigenvalue weighted by atomic mass is 10.2. The third-order valence-corrected chi connectivity index (χ3v) is 5.09. The summed E-state index contributed by atoms with van der Waals surface area (Å²) in [5, 5.41) is 18.3. The summed E-state index contributed by atoms with van der Waals surface area (Å²) in [5.41, 5.74) is 2.61. The maximum Gasteiger partial charge on any atom is 0.271 e. The van der Waals surface area contributed by atoms with Gasteiger partial charge in [-0.25, -0.2) is 0 Å². The maximum absolute atomic E-state index is 10.8. The summed E-state index contributed by atoms with van der Waals surface area (Å²) < 4.78 is 5.96. The van der Waals surface area contributed by atoms with Gasteiger partial charge in [-0.05, 0) is 18.2 Å². The highest BCUT2D eigenvalue weighted by Gasteiger charge is 2.09. The summed E-state index contributed by atoms with van der Waals surface area (Å²) in [5.74, 6) is 0.802. The first-order valence-corrected chi connectivity index (χ1v) is 10.1. The van der Waals surface area contributed by atoms with Crippen LogP contribution < -0.4 is 15.4 Å². The molecular weight excluding hydrogens is 425 g/mol. The van der Waals surface area contributed by atoms with Crippen molar-refractivity contribution in [2.45, 2.75) is 13.2 Å². The van der Waals surface area contributed by atoms with Crippen molar-refractivity contribution in [3.05, 3.63) is 98.0 Å². The number of nitrogens with zero attached hydrogens (tertiary/aromatic N) is 1. The van der Waals surface area contributed by atoms with Gasteiger partial charge in [0.1, 0.15) is 12.4 Å². The smallest absolute Gasteiger partial charge is 0.271 e. The number of benzene rings is 3. The van der Waals surface area contributed by atoms with Gasteiger partial charge in [-0.2, -0.15) is 0 Å². The number of rotatable bonds is 10. The fraction of sp³-hybridized carbons (Fsp3) is 0.182. The molecule has 30 heavy (non-hydrogen) atoms. The Morgan fingerprint density at radius 1 is 0.900 bits per heavy atom. The summed E-state index contributed by atoms with van der Waals surface area (Å²) in [6, 6.07) is 19.8. The molecule has 0 atom stereocenters. The number of anilines is 1. The summed E-state index contributed by atoms with van der Waals surface area (Å²) in [4.78, 5) is 10.3. The minimum absolute atomic E-state index is 0.0305. The lowest BCUT2D eigenvalue weighted by Gasteiger charge is -2.13. The Bertz CT molecular complexity index is 1010. The van der Waals surface area contributed by atoms with Crippen LogP contribution in [0.15, 0.2) is 66.7 Å². The Kier molecular flexibility index (Phi) is 7.90. The molecule has 6 nitrogen and oxygen atoms in total. The largest absolute Gasteiger partial charge is 0.489 e. The normalized spacial score (nSPS) is 10.6. The summed E-state index contributed by atoms with van der Waals surface area (Å²) in [7, 11) is 0. The molecule has 0 unspecified atom stereocenters. The molecule has 0 radical (unpaired) electrons. The number of ether oxygens (including phenoxy) is 1. The molecule has 2 N–H and O–H groups in total. The van der Waals surface area contributed by atoms with Crippen LogP contribution in [0.5, 0.6) is 5.75 Å². The van der Waals surface area contributed by atoms with Gasteiger partial charge in [-0.3, -0.25) is 10.1 Å². The van der Waals surface area contributed by atoms with E-state index in [0.29, 0.717) is 42.0 Å². The van der Waals surface area contributed by atoms with Crippen molar-refractivity contribution in [3.63, 3.8) is 0 Å². The van der Waals surface area contributed by atoms with Crippen molar-refractivity contribution in [2.75, 3.05) is 18.4 Å². The van der Waals surface area contributed by atoms with Gasteiger partial charge in [-0.15, -0.1) is 0 Å². The van der Waals surface area contributed by atoms with Crippen LogP contribution >= 0.6 is 23.2 Å². The van der Waals surface area contributed by atoms with Gasteiger partial charge in [0.25, 0.3) is 5.69 Å². The van der Waals surface area contributed by atoms with E-state index in [1.807, 2.05) is 48.5 Å². The van der Waals surface area contributed by atoms with Gasteiger partial charge >= 0.3 is 0 Å². The lowest BCUT2D eigenvalue weighted by molar-refractivity contribution is -0.384. The van der Waals surface area contributed by atoms with Crippen LogP contribution in [0.2, 0.25) is 10.0 Å². The van der Waals surface area contributed by atoms with Crippen LogP contribution in [0.1, 0.15) is 11.1 Å². The van der Waals surface area contributed by atoms with E-state index >= 15 is 0 Å². The second kappa shape index (κ2) is 10.8. The number of halogens is 2. The van der Waals surface area contributed by atoms with Gasteiger partial charge < -0.3 is 15.4 Å². The van der Waals surface area contributed by atoms with E-state index in [-0.39, 0.29) is 5.69 Å². The molecule has 0 spiro atoms. The molecule has 0 bridgehead atoms. The first kappa shape index (κ1) is 21.9. The third kappa shape index (κ3) is 6.10. The Labute approximate surface area is 184 Å². The molecule has 0 aliphatic rings. The Hall–Kier alpha value is -2.80. The second-order valence-corrected chi connectivity index (χ2v) is 7.33. The van der Waals surface area contributed by atoms with Gasteiger partial charge in [0.15, 0.2) is 0 Å². The van der Waals surface area contributed by atoms with E-state index in [9.17, 15) is 10.1 Å². The van der Waals surface area contributed by atoms with E-state index in [1.165, 1.54) is 12.1 Å². The molecule has 0 aromatic heterocycles. The number of nitro benzene ring substituents is 1. The van der Waals surface area contributed by atoms with E-state index < -0.39 is 4.92 Å². The molecule has 3 aromatic rings. The monoisotopic (exact) mass is 445 g/mol. The van der Waals surface area contributed by atoms with E-state index in [2.05, 4.69) is 10.6 Å². The zero-order chi connectivity index (χ0) is 21.3. The van der Waals surface area contributed by atoms with Crippen LogP contribution in [0, 0.1) is 10.1 Å². The van der Waals surface area contributed by atoms with Crippen LogP contribution in [-0.4, -0.2) is 18.0 Å². The molecule has 0 saturated carbocycles. The number of hydrogen-bond donors (Lipinski definition) is 2. The van der Waals surface area contributed by atoms with Crippen molar-refractivity contribution < 1.29 is 9.66 Å². The maximum atomic E-state index is 10.8. The molecule has 3 aromatic carbocycles. The summed E-state index contributed by atoms with van der Waals surface area (Å²) in [6.45, 7) is 2.32.